The first-order valence-corrected chi connectivity index (χ1v) is 4.70. The third-order valence-corrected chi connectivity index (χ3v) is 2.06. The molecule has 0 fully saturated rings. The third-order valence-electron chi connectivity index (χ3n) is 2.06. The highest BCUT2D eigenvalue weighted by Crippen LogP contribution is 2.33. The summed E-state index contributed by atoms with van der Waals surface area (Å²) in [6.45, 7) is 4.80. The summed E-state index contributed by atoms with van der Waals surface area (Å²) in [5, 5.41) is 29.1. The molecule has 2 N–H and O–H groups in total. The number of nitro groups is 1. The third kappa shape index (κ3) is 2.10. The molecule has 0 saturated carbocycles. The van der Waals surface area contributed by atoms with E-state index in [1.165, 1.54) is 0 Å². The number of hydrogen-bond acceptors (Lipinski definition) is 7. The molecule has 1 aromatic rings. The minimum atomic E-state index is -0.934. The van der Waals surface area contributed by atoms with Crippen LogP contribution in [0.5, 0.6) is 11.8 Å². The fourth-order valence-electron chi connectivity index (χ4n) is 1.23. The first-order chi connectivity index (χ1) is 7.51. The molecule has 0 radical (unpaired) electrons. The highest BCUT2D eigenvalue weighted by molar-refractivity contribution is 5.52. The summed E-state index contributed by atoms with van der Waals surface area (Å²) in [6, 6.07) is 0. The van der Waals surface area contributed by atoms with Crippen LogP contribution >= 0.6 is 0 Å². The molecule has 1 rings (SSSR count). The average molecular weight is 228 g/mol. The first-order valence-electron chi connectivity index (χ1n) is 4.70. The molecule has 0 unspecified atom stereocenters. The highest BCUT2D eigenvalue weighted by Gasteiger charge is 2.25. The van der Waals surface area contributed by atoms with Crippen LogP contribution in [0.2, 0.25) is 0 Å². The van der Waals surface area contributed by atoms with Crippen molar-refractivity contribution in [1.82, 2.24) is 9.97 Å². The molecule has 0 aromatic carbocycles. The molecule has 0 atom stereocenters. The van der Waals surface area contributed by atoms with Gasteiger partial charge < -0.3 is 15.1 Å². The Morgan fingerprint density at radius 2 is 1.69 bits per heavy atom. The van der Waals surface area contributed by atoms with Crippen molar-refractivity contribution in [3.63, 3.8) is 0 Å². The van der Waals surface area contributed by atoms with Crippen molar-refractivity contribution in [2.75, 3.05) is 18.0 Å². The zero-order valence-electron chi connectivity index (χ0n) is 8.91. The van der Waals surface area contributed by atoms with E-state index in [-0.39, 0.29) is 5.95 Å². The quantitative estimate of drug-likeness (QED) is 0.574. The van der Waals surface area contributed by atoms with Crippen molar-refractivity contribution in [2.24, 2.45) is 0 Å². The van der Waals surface area contributed by atoms with Gasteiger partial charge in [0, 0.05) is 13.1 Å². The molecular formula is C8H12N4O4. The van der Waals surface area contributed by atoms with E-state index < -0.39 is 22.4 Å². The molecule has 1 heterocycles. The van der Waals surface area contributed by atoms with Crippen molar-refractivity contribution in [3.8, 4) is 11.8 Å². The van der Waals surface area contributed by atoms with Crippen molar-refractivity contribution >= 4 is 11.6 Å². The summed E-state index contributed by atoms with van der Waals surface area (Å²) in [6.07, 6.45) is 0. The van der Waals surface area contributed by atoms with Gasteiger partial charge in [0.15, 0.2) is 0 Å². The van der Waals surface area contributed by atoms with Crippen molar-refractivity contribution in [2.45, 2.75) is 13.8 Å². The maximum atomic E-state index is 10.5. The number of hydrogen-bond donors (Lipinski definition) is 2. The number of nitrogens with zero attached hydrogens (tertiary/aromatic N) is 4. The predicted octanol–water partition coefficient (Wildman–Crippen LogP) is 0.642. The van der Waals surface area contributed by atoms with Gasteiger partial charge in [-0.25, -0.2) is 0 Å². The Morgan fingerprint density at radius 1 is 1.25 bits per heavy atom. The van der Waals surface area contributed by atoms with Crippen molar-refractivity contribution in [3.05, 3.63) is 10.1 Å². The topological polar surface area (TPSA) is 113 Å². The Bertz CT molecular complexity index is 382. The number of anilines is 1. The standard InChI is InChI=1S/C8H12N4O4/c1-3-11(4-2)8-9-6(13)5(12(15)16)7(14)10-8/h3-4H2,1-2H3,(H2,9,10,13,14). The molecule has 8 nitrogen and oxygen atoms in total. The molecule has 0 aliphatic carbocycles. The molecule has 16 heavy (non-hydrogen) atoms. The van der Waals surface area contributed by atoms with E-state index in [9.17, 15) is 20.3 Å². The van der Waals surface area contributed by atoms with Gasteiger partial charge in [-0.05, 0) is 13.8 Å². The monoisotopic (exact) mass is 228 g/mol. The Labute approximate surface area is 91.3 Å². The summed E-state index contributed by atoms with van der Waals surface area (Å²) >= 11 is 0. The van der Waals surface area contributed by atoms with Crippen LogP contribution in [0.4, 0.5) is 11.6 Å². The number of aromatic hydroxyl groups is 2. The van der Waals surface area contributed by atoms with Crippen LogP contribution in [-0.2, 0) is 0 Å². The highest BCUT2D eigenvalue weighted by atomic mass is 16.6. The molecule has 1 aromatic heterocycles. The molecule has 0 bridgehead atoms. The lowest BCUT2D eigenvalue weighted by atomic mass is 10.4. The van der Waals surface area contributed by atoms with Gasteiger partial charge in [0.25, 0.3) is 0 Å². The van der Waals surface area contributed by atoms with Crippen LogP contribution in [0.1, 0.15) is 13.8 Å². The van der Waals surface area contributed by atoms with E-state index in [1.807, 2.05) is 13.8 Å². The van der Waals surface area contributed by atoms with Gasteiger partial charge in [0.05, 0.1) is 4.92 Å². The van der Waals surface area contributed by atoms with E-state index in [1.54, 1.807) is 4.90 Å². The Balaban J connectivity index is 3.23. The van der Waals surface area contributed by atoms with Gasteiger partial charge in [0.2, 0.25) is 5.95 Å². The fourth-order valence-corrected chi connectivity index (χ4v) is 1.23. The molecular weight excluding hydrogens is 216 g/mol. The van der Waals surface area contributed by atoms with Crippen molar-refractivity contribution in [1.29, 1.82) is 0 Å². The summed E-state index contributed by atoms with van der Waals surface area (Å²) in [7, 11) is 0. The normalized spacial score (nSPS) is 10.1. The van der Waals surface area contributed by atoms with Crippen LogP contribution in [0.25, 0.3) is 0 Å². The SMILES string of the molecule is CCN(CC)c1nc(O)c([N+](=O)[O-])c(O)n1. The van der Waals surface area contributed by atoms with Crippen molar-refractivity contribution < 1.29 is 15.1 Å². The predicted molar refractivity (Wildman–Crippen MR) is 55.6 cm³/mol. The Kier molecular flexibility index (Phi) is 3.44. The molecule has 8 heteroatoms. The Morgan fingerprint density at radius 3 is 2.00 bits per heavy atom. The zero-order chi connectivity index (χ0) is 12.3. The maximum absolute atomic E-state index is 10.5. The lowest BCUT2D eigenvalue weighted by molar-refractivity contribution is -0.387. The molecule has 0 amide bonds. The first kappa shape index (κ1) is 12.0. The second-order valence-corrected chi connectivity index (χ2v) is 2.95. The average Bonchev–Trinajstić information content (AvgIpc) is 2.17. The molecule has 0 aliphatic heterocycles. The lowest BCUT2D eigenvalue weighted by Gasteiger charge is -2.17. The number of rotatable bonds is 4. The summed E-state index contributed by atoms with van der Waals surface area (Å²) in [5.41, 5.74) is -0.879. The van der Waals surface area contributed by atoms with Gasteiger partial charge in [-0.1, -0.05) is 0 Å². The summed E-state index contributed by atoms with van der Waals surface area (Å²) < 4.78 is 0. The van der Waals surface area contributed by atoms with E-state index in [0.717, 1.165) is 0 Å². The van der Waals surface area contributed by atoms with E-state index in [0.29, 0.717) is 13.1 Å². The lowest BCUT2D eigenvalue weighted by Crippen LogP contribution is -2.24. The Hall–Kier alpha value is -2.12. The van der Waals surface area contributed by atoms with Crippen LogP contribution in [-0.4, -0.2) is 38.2 Å². The van der Waals surface area contributed by atoms with E-state index >= 15 is 0 Å². The summed E-state index contributed by atoms with van der Waals surface area (Å²) in [5.74, 6) is -1.61. The number of aromatic nitrogens is 2. The minimum Gasteiger partial charge on any atom is -0.488 e. The smallest absolute Gasteiger partial charge is 0.392 e. The van der Waals surface area contributed by atoms with Crippen LogP contribution in [0, 0.1) is 10.1 Å². The largest absolute Gasteiger partial charge is 0.488 e. The summed E-state index contributed by atoms with van der Waals surface area (Å²) in [4.78, 5) is 18.3. The molecule has 88 valence electrons. The van der Waals surface area contributed by atoms with Crippen LogP contribution < -0.4 is 4.90 Å². The van der Waals surface area contributed by atoms with E-state index in [2.05, 4.69) is 9.97 Å². The van der Waals surface area contributed by atoms with Crippen LogP contribution in [0.15, 0.2) is 0 Å². The minimum absolute atomic E-state index is 0.0607. The second kappa shape index (κ2) is 4.60. The molecule has 0 aliphatic rings. The maximum Gasteiger partial charge on any atom is 0.392 e. The van der Waals surface area contributed by atoms with Crippen LogP contribution in [0.3, 0.4) is 0 Å². The zero-order valence-corrected chi connectivity index (χ0v) is 8.91. The van der Waals surface area contributed by atoms with Gasteiger partial charge >= 0.3 is 17.4 Å². The van der Waals surface area contributed by atoms with Gasteiger partial charge in [-0.2, -0.15) is 9.97 Å². The van der Waals surface area contributed by atoms with Gasteiger partial charge in [-0.3, -0.25) is 10.1 Å². The second-order valence-electron chi connectivity index (χ2n) is 2.95. The molecule has 0 saturated heterocycles. The van der Waals surface area contributed by atoms with E-state index in [4.69, 9.17) is 0 Å². The van der Waals surface area contributed by atoms with Gasteiger partial charge in [-0.15, -0.1) is 0 Å². The van der Waals surface area contributed by atoms with Gasteiger partial charge in [0.1, 0.15) is 0 Å². The molecule has 0 spiro atoms. The fraction of sp³-hybridized carbons (Fsp3) is 0.500.